The van der Waals surface area contributed by atoms with Gasteiger partial charge in [0, 0.05) is 11.3 Å². The Bertz CT molecular complexity index is 499. The van der Waals surface area contributed by atoms with Gasteiger partial charge in [0.2, 0.25) is 10.0 Å². The van der Waals surface area contributed by atoms with Gasteiger partial charge in [-0.25, -0.2) is 13.1 Å². The van der Waals surface area contributed by atoms with E-state index in [1.165, 1.54) is 24.3 Å². The number of nitrogens with one attached hydrogen (secondary N) is 1. The predicted molar refractivity (Wildman–Crippen MR) is 73.4 cm³/mol. The van der Waals surface area contributed by atoms with Crippen LogP contribution in [0.25, 0.3) is 0 Å². The molecule has 2 atom stereocenters. The van der Waals surface area contributed by atoms with Gasteiger partial charge in [0.25, 0.3) is 0 Å². The van der Waals surface area contributed by atoms with Crippen LogP contribution < -0.4 is 4.72 Å². The molecule has 100 valence electrons. The van der Waals surface area contributed by atoms with E-state index in [9.17, 15) is 8.42 Å². The summed E-state index contributed by atoms with van der Waals surface area (Å²) in [5.74, 6) is 0.0669. The van der Waals surface area contributed by atoms with Gasteiger partial charge in [0.15, 0.2) is 0 Å². The van der Waals surface area contributed by atoms with Crippen LogP contribution in [0.5, 0.6) is 5.75 Å². The first-order valence-corrected chi connectivity index (χ1v) is 8.62. The maximum absolute atomic E-state index is 12.1. The van der Waals surface area contributed by atoms with Gasteiger partial charge in [-0.1, -0.05) is 0 Å². The lowest BCUT2D eigenvalue weighted by Crippen LogP contribution is -2.33. The number of thioether (sulfide) groups is 1. The standard InChI is InChI=1S/C12H17NO3S2/c1-17-11-5-2-9(8-11)13-18(15,16)12-6-3-10(14)4-7-12/h3-4,6-7,9,11,13-14H,2,5,8H2,1H3. The van der Waals surface area contributed by atoms with Crippen molar-refractivity contribution in [2.24, 2.45) is 0 Å². The van der Waals surface area contributed by atoms with Crippen molar-refractivity contribution in [3.8, 4) is 5.75 Å². The lowest BCUT2D eigenvalue weighted by Gasteiger charge is -2.13. The lowest BCUT2D eigenvalue weighted by atomic mass is 10.3. The highest BCUT2D eigenvalue weighted by Gasteiger charge is 2.28. The molecule has 0 radical (unpaired) electrons. The first-order chi connectivity index (χ1) is 8.51. The smallest absolute Gasteiger partial charge is 0.240 e. The molecule has 0 amide bonds. The van der Waals surface area contributed by atoms with Gasteiger partial charge >= 0.3 is 0 Å². The molecule has 0 aliphatic heterocycles. The maximum atomic E-state index is 12.1. The number of phenols is 1. The van der Waals surface area contributed by atoms with Crippen LogP contribution in [0.2, 0.25) is 0 Å². The van der Waals surface area contributed by atoms with Crippen molar-refractivity contribution in [3.05, 3.63) is 24.3 Å². The van der Waals surface area contributed by atoms with Crippen molar-refractivity contribution in [2.75, 3.05) is 6.26 Å². The fourth-order valence-corrected chi connectivity index (χ4v) is 4.25. The van der Waals surface area contributed by atoms with Crippen LogP contribution in [0.1, 0.15) is 19.3 Å². The highest BCUT2D eigenvalue weighted by Crippen LogP contribution is 2.29. The van der Waals surface area contributed by atoms with Gasteiger partial charge in [-0.05, 0) is 49.8 Å². The molecule has 0 saturated heterocycles. The normalized spacial score (nSPS) is 24.3. The van der Waals surface area contributed by atoms with Crippen molar-refractivity contribution < 1.29 is 13.5 Å². The van der Waals surface area contributed by atoms with Gasteiger partial charge in [-0.2, -0.15) is 11.8 Å². The summed E-state index contributed by atoms with van der Waals surface area (Å²) >= 11 is 1.79. The van der Waals surface area contributed by atoms with Crippen molar-refractivity contribution >= 4 is 21.8 Å². The third-order valence-electron chi connectivity index (χ3n) is 3.19. The van der Waals surface area contributed by atoms with Gasteiger partial charge in [0.1, 0.15) is 5.75 Å². The maximum Gasteiger partial charge on any atom is 0.240 e. The summed E-state index contributed by atoms with van der Waals surface area (Å²) in [5.41, 5.74) is 0. The number of aromatic hydroxyl groups is 1. The molecule has 1 aromatic carbocycles. The molecule has 1 aromatic rings. The molecule has 18 heavy (non-hydrogen) atoms. The van der Waals surface area contributed by atoms with E-state index in [1.807, 2.05) is 0 Å². The number of sulfonamides is 1. The van der Waals surface area contributed by atoms with E-state index in [0.29, 0.717) is 5.25 Å². The Kier molecular flexibility index (Phi) is 4.19. The fraction of sp³-hybridized carbons (Fsp3) is 0.500. The summed E-state index contributed by atoms with van der Waals surface area (Å²) in [4.78, 5) is 0.202. The van der Waals surface area contributed by atoms with Crippen LogP contribution in [0.3, 0.4) is 0 Å². The Morgan fingerprint density at radius 3 is 2.50 bits per heavy atom. The van der Waals surface area contributed by atoms with Crippen LogP contribution in [-0.2, 0) is 10.0 Å². The average molecular weight is 287 g/mol. The second-order valence-electron chi connectivity index (χ2n) is 4.48. The monoisotopic (exact) mass is 287 g/mol. The van der Waals surface area contributed by atoms with Crippen molar-refractivity contribution in [3.63, 3.8) is 0 Å². The Morgan fingerprint density at radius 2 is 1.94 bits per heavy atom. The average Bonchev–Trinajstić information content (AvgIpc) is 2.76. The second kappa shape index (κ2) is 5.50. The van der Waals surface area contributed by atoms with Crippen molar-refractivity contribution in [1.29, 1.82) is 0 Å². The zero-order chi connectivity index (χ0) is 13.2. The number of hydrogen-bond donors (Lipinski definition) is 2. The minimum absolute atomic E-state index is 0.0289. The number of benzene rings is 1. The molecule has 2 rings (SSSR count). The highest BCUT2D eigenvalue weighted by molar-refractivity contribution is 7.99. The molecule has 6 heteroatoms. The first-order valence-electron chi connectivity index (χ1n) is 5.85. The van der Waals surface area contributed by atoms with E-state index in [2.05, 4.69) is 11.0 Å². The van der Waals surface area contributed by atoms with Crippen molar-refractivity contribution in [2.45, 2.75) is 35.4 Å². The summed E-state index contributed by atoms with van der Waals surface area (Å²) in [6.07, 6.45) is 4.90. The number of hydrogen-bond acceptors (Lipinski definition) is 4. The van der Waals surface area contributed by atoms with Gasteiger partial charge in [0.05, 0.1) is 4.90 Å². The Balaban J connectivity index is 2.06. The largest absolute Gasteiger partial charge is 0.508 e. The molecular weight excluding hydrogens is 270 g/mol. The summed E-state index contributed by atoms with van der Waals surface area (Å²) in [6, 6.07) is 5.63. The molecular formula is C12H17NO3S2. The molecule has 1 fully saturated rings. The van der Waals surface area contributed by atoms with E-state index >= 15 is 0 Å². The van der Waals surface area contributed by atoms with E-state index in [4.69, 9.17) is 5.11 Å². The SMILES string of the molecule is CSC1CCC(NS(=O)(=O)c2ccc(O)cc2)C1. The molecule has 4 nitrogen and oxygen atoms in total. The third-order valence-corrected chi connectivity index (χ3v) is 5.82. The zero-order valence-electron chi connectivity index (χ0n) is 10.2. The minimum Gasteiger partial charge on any atom is -0.508 e. The molecule has 1 aliphatic rings. The second-order valence-corrected chi connectivity index (χ2v) is 7.33. The summed E-state index contributed by atoms with van der Waals surface area (Å²) in [7, 11) is -3.46. The number of rotatable bonds is 4. The molecule has 2 unspecified atom stereocenters. The molecule has 1 saturated carbocycles. The first kappa shape index (κ1) is 13.7. The zero-order valence-corrected chi connectivity index (χ0v) is 11.8. The predicted octanol–water partition coefficient (Wildman–Crippen LogP) is 1.95. The molecule has 0 spiro atoms. The molecule has 1 aliphatic carbocycles. The van der Waals surface area contributed by atoms with Gasteiger partial charge < -0.3 is 5.11 Å². The number of phenolic OH excluding ortho intramolecular Hbond substituents is 1. The summed E-state index contributed by atoms with van der Waals surface area (Å²) in [5, 5.41) is 9.71. The van der Waals surface area contributed by atoms with Crippen LogP contribution in [0.4, 0.5) is 0 Å². The fourth-order valence-electron chi connectivity index (χ4n) is 2.17. The lowest BCUT2D eigenvalue weighted by molar-refractivity contribution is 0.474. The van der Waals surface area contributed by atoms with Gasteiger partial charge in [-0.15, -0.1) is 0 Å². The van der Waals surface area contributed by atoms with Crippen LogP contribution in [0, 0.1) is 0 Å². The van der Waals surface area contributed by atoms with E-state index in [0.717, 1.165) is 19.3 Å². The van der Waals surface area contributed by atoms with E-state index in [-0.39, 0.29) is 16.7 Å². The van der Waals surface area contributed by atoms with E-state index in [1.54, 1.807) is 11.8 Å². The minimum atomic E-state index is -3.46. The molecule has 2 N–H and O–H groups in total. The Labute approximate surface area is 112 Å². The van der Waals surface area contributed by atoms with Crippen molar-refractivity contribution in [1.82, 2.24) is 4.72 Å². The van der Waals surface area contributed by atoms with Crippen LogP contribution in [0.15, 0.2) is 29.2 Å². The topological polar surface area (TPSA) is 66.4 Å². The van der Waals surface area contributed by atoms with Crippen LogP contribution in [-0.4, -0.2) is 31.1 Å². The Hall–Kier alpha value is -0.720. The highest BCUT2D eigenvalue weighted by atomic mass is 32.2. The van der Waals surface area contributed by atoms with Crippen LogP contribution >= 0.6 is 11.8 Å². The summed E-state index contributed by atoms with van der Waals surface area (Å²) < 4.78 is 26.9. The third kappa shape index (κ3) is 3.18. The van der Waals surface area contributed by atoms with E-state index < -0.39 is 10.0 Å². The molecule has 0 heterocycles. The molecule has 0 aromatic heterocycles. The quantitative estimate of drug-likeness (QED) is 0.888. The Morgan fingerprint density at radius 1 is 1.28 bits per heavy atom. The summed E-state index contributed by atoms with van der Waals surface area (Å²) in [6.45, 7) is 0. The molecule has 0 bridgehead atoms. The van der Waals surface area contributed by atoms with Gasteiger partial charge in [-0.3, -0.25) is 0 Å².